The van der Waals surface area contributed by atoms with Crippen LogP contribution in [0.3, 0.4) is 0 Å². The lowest BCUT2D eigenvalue weighted by molar-refractivity contribution is 0.303. The van der Waals surface area contributed by atoms with Gasteiger partial charge in [0.25, 0.3) is 0 Å². The first-order chi connectivity index (χ1) is 9.40. The molecule has 0 saturated heterocycles. The van der Waals surface area contributed by atoms with Crippen LogP contribution in [-0.4, -0.2) is 11.5 Å². The second kappa shape index (κ2) is 7.54. The lowest BCUT2D eigenvalue weighted by Crippen LogP contribution is -2.15. The summed E-state index contributed by atoms with van der Waals surface area (Å²) in [6.07, 6.45) is 4.63. The molecule has 1 aromatic heterocycles. The Hall–Kier alpha value is -1.87. The number of nitrogens with zero attached hydrogens (tertiary/aromatic N) is 1. The lowest BCUT2D eigenvalue weighted by Gasteiger charge is -2.11. The SMILES string of the molecule is CCCNCc1ccccc1COc1cccnc1. The van der Waals surface area contributed by atoms with Crippen molar-refractivity contribution in [2.24, 2.45) is 0 Å². The van der Waals surface area contributed by atoms with E-state index >= 15 is 0 Å². The molecule has 0 radical (unpaired) electrons. The summed E-state index contributed by atoms with van der Waals surface area (Å²) in [7, 11) is 0. The maximum Gasteiger partial charge on any atom is 0.138 e. The number of benzene rings is 1. The number of ether oxygens (including phenoxy) is 1. The molecule has 19 heavy (non-hydrogen) atoms. The fourth-order valence-corrected chi connectivity index (χ4v) is 1.86. The van der Waals surface area contributed by atoms with Crippen molar-refractivity contribution < 1.29 is 4.74 Å². The highest BCUT2D eigenvalue weighted by atomic mass is 16.5. The summed E-state index contributed by atoms with van der Waals surface area (Å²) in [5.74, 6) is 0.804. The largest absolute Gasteiger partial charge is 0.487 e. The van der Waals surface area contributed by atoms with Gasteiger partial charge in [-0.1, -0.05) is 31.2 Å². The van der Waals surface area contributed by atoms with E-state index in [0.29, 0.717) is 6.61 Å². The Morgan fingerprint density at radius 3 is 2.68 bits per heavy atom. The van der Waals surface area contributed by atoms with Gasteiger partial charge in [-0.3, -0.25) is 4.98 Å². The van der Waals surface area contributed by atoms with Crippen molar-refractivity contribution in [2.75, 3.05) is 6.54 Å². The Labute approximate surface area is 114 Å². The molecule has 2 aromatic rings. The van der Waals surface area contributed by atoms with Crippen LogP contribution in [0.15, 0.2) is 48.8 Å². The lowest BCUT2D eigenvalue weighted by atomic mass is 10.1. The Morgan fingerprint density at radius 1 is 1.11 bits per heavy atom. The van der Waals surface area contributed by atoms with Crippen LogP contribution in [0, 0.1) is 0 Å². The fourth-order valence-electron chi connectivity index (χ4n) is 1.86. The monoisotopic (exact) mass is 256 g/mol. The number of rotatable bonds is 7. The van der Waals surface area contributed by atoms with E-state index in [9.17, 15) is 0 Å². The average Bonchev–Trinajstić information content (AvgIpc) is 2.48. The highest BCUT2D eigenvalue weighted by Crippen LogP contribution is 2.13. The molecule has 1 aromatic carbocycles. The zero-order valence-corrected chi connectivity index (χ0v) is 11.3. The Morgan fingerprint density at radius 2 is 1.95 bits per heavy atom. The first-order valence-electron chi connectivity index (χ1n) is 6.70. The summed E-state index contributed by atoms with van der Waals surface area (Å²) in [6.45, 7) is 4.68. The molecular weight excluding hydrogens is 236 g/mol. The summed E-state index contributed by atoms with van der Waals surface area (Å²) in [5.41, 5.74) is 2.51. The van der Waals surface area contributed by atoms with Crippen LogP contribution >= 0.6 is 0 Å². The van der Waals surface area contributed by atoms with E-state index in [-0.39, 0.29) is 0 Å². The highest BCUT2D eigenvalue weighted by Gasteiger charge is 2.02. The van der Waals surface area contributed by atoms with Crippen LogP contribution in [0.1, 0.15) is 24.5 Å². The van der Waals surface area contributed by atoms with Crippen LogP contribution in [0.25, 0.3) is 0 Å². The molecule has 3 nitrogen and oxygen atoms in total. The smallest absolute Gasteiger partial charge is 0.138 e. The molecule has 100 valence electrons. The van der Waals surface area contributed by atoms with Crippen molar-refractivity contribution in [2.45, 2.75) is 26.5 Å². The van der Waals surface area contributed by atoms with E-state index in [1.54, 1.807) is 12.4 Å². The van der Waals surface area contributed by atoms with Crippen LogP contribution in [0.4, 0.5) is 0 Å². The predicted octanol–water partition coefficient (Wildman–Crippen LogP) is 3.16. The number of hydrogen-bond donors (Lipinski definition) is 1. The van der Waals surface area contributed by atoms with Gasteiger partial charge in [0.2, 0.25) is 0 Å². The number of aromatic nitrogens is 1. The van der Waals surface area contributed by atoms with Crippen molar-refractivity contribution in [1.82, 2.24) is 10.3 Å². The topological polar surface area (TPSA) is 34.1 Å². The molecule has 1 heterocycles. The third kappa shape index (κ3) is 4.38. The first kappa shape index (κ1) is 13.6. The van der Waals surface area contributed by atoms with Gasteiger partial charge in [-0.2, -0.15) is 0 Å². The van der Waals surface area contributed by atoms with Gasteiger partial charge in [0, 0.05) is 12.7 Å². The molecule has 0 aliphatic rings. The second-order valence-corrected chi connectivity index (χ2v) is 4.42. The quantitative estimate of drug-likeness (QED) is 0.773. The number of pyridine rings is 1. The van der Waals surface area contributed by atoms with E-state index in [1.165, 1.54) is 11.1 Å². The van der Waals surface area contributed by atoms with E-state index < -0.39 is 0 Å². The third-order valence-electron chi connectivity index (χ3n) is 2.89. The van der Waals surface area contributed by atoms with E-state index in [0.717, 1.165) is 25.3 Å². The van der Waals surface area contributed by atoms with Gasteiger partial charge in [-0.25, -0.2) is 0 Å². The maximum absolute atomic E-state index is 5.75. The maximum atomic E-state index is 5.75. The Kier molecular flexibility index (Phi) is 5.38. The Bertz CT molecular complexity index is 485. The average molecular weight is 256 g/mol. The molecule has 0 aliphatic heterocycles. The van der Waals surface area contributed by atoms with Crippen LogP contribution < -0.4 is 10.1 Å². The minimum atomic E-state index is 0.579. The van der Waals surface area contributed by atoms with E-state index in [1.807, 2.05) is 18.2 Å². The molecule has 1 N–H and O–H groups in total. The van der Waals surface area contributed by atoms with Gasteiger partial charge in [0.05, 0.1) is 6.20 Å². The minimum absolute atomic E-state index is 0.579. The molecule has 0 amide bonds. The van der Waals surface area contributed by atoms with Crippen LogP contribution in [0.2, 0.25) is 0 Å². The summed E-state index contributed by atoms with van der Waals surface area (Å²) in [5, 5.41) is 3.42. The normalized spacial score (nSPS) is 10.4. The molecule has 0 bridgehead atoms. The molecular formula is C16H20N2O. The van der Waals surface area contributed by atoms with Crippen LogP contribution in [0.5, 0.6) is 5.75 Å². The molecule has 0 aliphatic carbocycles. The molecule has 3 heteroatoms. The number of hydrogen-bond acceptors (Lipinski definition) is 3. The van der Waals surface area contributed by atoms with Crippen molar-refractivity contribution in [3.05, 3.63) is 59.9 Å². The highest BCUT2D eigenvalue weighted by molar-refractivity contribution is 5.27. The van der Waals surface area contributed by atoms with Gasteiger partial charge in [0.15, 0.2) is 0 Å². The molecule has 0 saturated carbocycles. The fraction of sp³-hybridized carbons (Fsp3) is 0.312. The predicted molar refractivity (Wildman–Crippen MR) is 77.0 cm³/mol. The zero-order valence-electron chi connectivity index (χ0n) is 11.3. The first-order valence-corrected chi connectivity index (χ1v) is 6.70. The van der Waals surface area contributed by atoms with Crippen molar-refractivity contribution in [3.8, 4) is 5.75 Å². The second-order valence-electron chi connectivity index (χ2n) is 4.42. The minimum Gasteiger partial charge on any atom is -0.487 e. The van der Waals surface area contributed by atoms with Crippen molar-refractivity contribution in [3.63, 3.8) is 0 Å². The summed E-state index contributed by atoms with van der Waals surface area (Å²) in [6, 6.07) is 12.2. The third-order valence-corrected chi connectivity index (χ3v) is 2.89. The van der Waals surface area contributed by atoms with Gasteiger partial charge in [-0.15, -0.1) is 0 Å². The molecule has 0 atom stereocenters. The summed E-state index contributed by atoms with van der Waals surface area (Å²) >= 11 is 0. The van der Waals surface area contributed by atoms with Crippen molar-refractivity contribution in [1.29, 1.82) is 0 Å². The molecule has 0 fully saturated rings. The molecule has 2 rings (SSSR count). The van der Waals surface area contributed by atoms with Gasteiger partial charge >= 0.3 is 0 Å². The number of nitrogens with one attached hydrogen (secondary N) is 1. The molecule has 0 spiro atoms. The molecule has 0 unspecified atom stereocenters. The summed E-state index contributed by atoms with van der Waals surface area (Å²) in [4.78, 5) is 4.04. The van der Waals surface area contributed by atoms with E-state index in [4.69, 9.17) is 4.74 Å². The van der Waals surface area contributed by atoms with Gasteiger partial charge in [0.1, 0.15) is 12.4 Å². The van der Waals surface area contributed by atoms with E-state index in [2.05, 4.69) is 35.4 Å². The van der Waals surface area contributed by atoms with Crippen molar-refractivity contribution >= 4 is 0 Å². The standard InChI is InChI=1S/C16H20N2O/c1-2-9-17-11-14-6-3-4-7-15(14)13-19-16-8-5-10-18-12-16/h3-8,10,12,17H,2,9,11,13H2,1H3. The van der Waals surface area contributed by atoms with Gasteiger partial charge < -0.3 is 10.1 Å². The van der Waals surface area contributed by atoms with Crippen LogP contribution in [-0.2, 0) is 13.2 Å². The zero-order chi connectivity index (χ0) is 13.3. The summed E-state index contributed by atoms with van der Waals surface area (Å²) < 4.78 is 5.75. The van der Waals surface area contributed by atoms with Gasteiger partial charge in [-0.05, 0) is 36.2 Å². The Balaban J connectivity index is 1.95.